The number of amides is 1. The maximum absolute atomic E-state index is 12.8. The van der Waals surface area contributed by atoms with E-state index in [4.69, 9.17) is 4.74 Å². The number of allylic oxidation sites excluding steroid dienone is 1. The molecule has 6 nitrogen and oxygen atoms in total. The van der Waals surface area contributed by atoms with E-state index < -0.39 is 0 Å². The highest BCUT2D eigenvalue weighted by molar-refractivity contribution is 5.99. The van der Waals surface area contributed by atoms with Crippen molar-refractivity contribution in [2.45, 2.75) is 27.3 Å². The summed E-state index contributed by atoms with van der Waals surface area (Å²) < 4.78 is 7.23. The van der Waals surface area contributed by atoms with Crippen molar-refractivity contribution in [1.29, 1.82) is 0 Å². The van der Waals surface area contributed by atoms with E-state index in [9.17, 15) is 9.59 Å². The van der Waals surface area contributed by atoms with Crippen LogP contribution in [0.3, 0.4) is 0 Å². The van der Waals surface area contributed by atoms with Crippen LogP contribution in [-0.4, -0.2) is 47.9 Å². The van der Waals surface area contributed by atoms with E-state index in [1.54, 1.807) is 19.2 Å². The van der Waals surface area contributed by atoms with Crippen LogP contribution >= 0.6 is 0 Å². The number of Topliss-reactive ketones (excluding diaryl/α,β-unsaturated/α-hetero) is 1. The second kappa shape index (κ2) is 9.90. The summed E-state index contributed by atoms with van der Waals surface area (Å²) in [5.41, 5.74) is 3.32. The van der Waals surface area contributed by atoms with E-state index in [-0.39, 0.29) is 24.8 Å². The number of aromatic nitrogens is 1. The number of carbonyl (C=O) groups is 2. The first-order chi connectivity index (χ1) is 13.4. The first kappa shape index (κ1) is 21.4. The van der Waals surface area contributed by atoms with E-state index in [1.165, 1.54) is 0 Å². The molecule has 0 saturated heterocycles. The first-order valence-corrected chi connectivity index (χ1v) is 9.36. The minimum Gasteiger partial charge on any atom is -0.497 e. The fourth-order valence-corrected chi connectivity index (χ4v) is 3.17. The lowest BCUT2D eigenvalue weighted by molar-refractivity contribution is -0.117. The number of ether oxygens (including phenoxy) is 1. The number of benzene rings is 1. The van der Waals surface area contributed by atoms with Crippen molar-refractivity contribution in [3.8, 4) is 5.75 Å². The van der Waals surface area contributed by atoms with Crippen LogP contribution in [0.2, 0.25) is 0 Å². The number of rotatable bonds is 10. The Balaban J connectivity index is 2.01. The van der Waals surface area contributed by atoms with Crippen molar-refractivity contribution in [2.75, 3.05) is 32.1 Å². The normalized spacial score (nSPS) is 10.8. The summed E-state index contributed by atoms with van der Waals surface area (Å²) in [6.07, 6.45) is 1.81. The van der Waals surface area contributed by atoms with E-state index in [1.807, 2.05) is 49.9 Å². The van der Waals surface area contributed by atoms with E-state index >= 15 is 0 Å². The second-order valence-corrected chi connectivity index (χ2v) is 6.69. The van der Waals surface area contributed by atoms with Gasteiger partial charge in [-0.2, -0.15) is 0 Å². The summed E-state index contributed by atoms with van der Waals surface area (Å²) in [5, 5.41) is 2.85. The van der Waals surface area contributed by atoms with Gasteiger partial charge < -0.3 is 14.6 Å². The van der Waals surface area contributed by atoms with Gasteiger partial charge in [-0.25, -0.2) is 0 Å². The molecule has 1 heterocycles. The van der Waals surface area contributed by atoms with Gasteiger partial charge in [0.25, 0.3) is 0 Å². The SMILES string of the molecule is C=CCn1c(C)cc(C(=O)CN(CC)CC(=O)Nc2cccc(OC)c2)c1C. The highest BCUT2D eigenvalue weighted by Crippen LogP contribution is 2.18. The molecule has 2 aromatic rings. The molecular weight excluding hydrogens is 354 g/mol. The Bertz CT molecular complexity index is 855. The largest absolute Gasteiger partial charge is 0.497 e. The summed E-state index contributed by atoms with van der Waals surface area (Å²) >= 11 is 0. The maximum atomic E-state index is 12.8. The number of hydrogen-bond acceptors (Lipinski definition) is 4. The zero-order valence-corrected chi connectivity index (χ0v) is 17.1. The maximum Gasteiger partial charge on any atom is 0.238 e. The smallest absolute Gasteiger partial charge is 0.238 e. The predicted molar refractivity (Wildman–Crippen MR) is 112 cm³/mol. The van der Waals surface area contributed by atoms with Crippen molar-refractivity contribution in [3.63, 3.8) is 0 Å². The number of nitrogens with zero attached hydrogens (tertiary/aromatic N) is 2. The number of hydrogen-bond donors (Lipinski definition) is 1. The molecule has 0 aliphatic rings. The van der Waals surface area contributed by atoms with E-state index in [0.29, 0.717) is 30.1 Å². The second-order valence-electron chi connectivity index (χ2n) is 6.69. The molecule has 0 bridgehead atoms. The molecule has 1 amide bonds. The molecule has 1 aromatic heterocycles. The van der Waals surface area contributed by atoms with Crippen molar-refractivity contribution in [1.82, 2.24) is 9.47 Å². The van der Waals surface area contributed by atoms with Gasteiger partial charge >= 0.3 is 0 Å². The van der Waals surface area contributed by atoms with E-state index in [2.05, 4.69) is 16.5 Å². The molecule has 2 rings (SSSR count). The van der Waals surface area contributed by atoms with Gasteiger partial charge in [0.2, 0.25) is 5.91 Å². The zero-order chi connectivity index (χ0) is 20.7. The standard InChI is InChI=1S/C22H29N3O3/c1-6-11-25-16(3)12-20(17(25)4)21(26)14-24(7-2)15-22(27)23-18-9-8-10-19(13-18)28-5/h6,8-10,12-13H,1,7,11,14-15H2,2-5H3,(H,23,27). The molecule has 1 N–H and O–H groups in total. The number of ketones is 1. The van der Waals surface area contributed by atoms with E-state index in [0.717, 1.165) is 11.4 Å². The monoisotopic (exact) mass is 383 g/mol. The molecule has 0 aliphatic heterocycles. The highest BCUT2D eigenvalue weighted by atomic mass is 16.5. The average molecular weight is 383 g/mol. The molecule has 0 unspecified atom stereocenters. The fraction of sp³-hybridized carbons (Fsp3) is 0.364. The van der Waals surface area contributed by atoms with Gasteiger partial charge in [-0.05, 0) is 38.6 Å². The van der Waals surface area contributed by atoms with Crippen LogP contribution in [0.25, 0.3) is 0 Å². The van der Waals surface area contributed by atoms with Gasteiger partial charge in [0, 0.05) is 35.2 Å². The van der Waals surface area contributed by atoms with Gasteiger partial charge in [-0.1, -0.05) is 19.1 Å². The van der Waals surface area contributed by atoms with Crippen molar-refractivity contribution < 1.29 is 14.3 Å². The Kier molecular flexibility index (Phi) is 7.58. The minimum absolute atomic E-state index is 0.0134. The lowest BCUT2D eigenvalue weighted by Gasteiger charge is -2.19. The van der Waals surface area contributed by atoms with Crippen LogP contribution in [0.4, 0.5) is 5.69 Å². The molecule has 150 valence electrons. The van der Waals surface area contributed by atoms with Gasteiger partial charge in [0.15, 0.2) is 5.78 Å². The Labute approximate surface area is 166 Å². The summed E-state index contributed by atoms with van der Waals surface area (Å²) in [4.78, 5) is 27.0. The zero-order valence-electron chi connectivity index (χ0n) is 17.1. The van der Waals surface area contributed by atoms with Crippen LogP contribution in [0.5, 0.6) is 5.75 Å². The number of aryl methyl sites for hydroxylation is 1. The average Bonchev–Trinajstić information content (AvgIpc) is 2.96. The van der Waals surface area contributed by atoms with Gasteiger partial charge in [0.05, 0.1) is 20.2 Å². The fourth-order valence-electron chi connectivity index (χ4n) is 3.17. The Morgan fingerprint density at radius 3 is 2.64 bits per heavy atom. The Morgan fingerprint density at radius 2 is 2.00 bits per heavy atom. The Hall–Kier alpha value is -2.86. The number of carbonyl (C=O) groups excluding carboxylic acids is 2. The quantitative estimate of drug-likeness (QED) is 0.504. The molecule has 0 fully saturated rings. The summed E-state index contributed by atoms with van der Waals surface area (Å²) in [6, 6.07) is 9.10. The van der Waals surface area contributed by atoms with Crippen LogP contribution < -0.4 is 10.1 Å². The molecule has 0 saturated carbocycles. The minimum atomic E-state index is -0.167. The lowest BCUT2D eigenvalue weighted by atomic mass is 10.1. The molecule has 6 heteroatoms. The Morgan fingerprint density at radius 1 is 1.25 bits per heavy atom. The third-order valence-corrected chi connectivity index (χ3v) is 4.72. The van der Waals surface area contributed by atoms with Crippen molar-refractivity contribution in [2.24, 2.45) is 0 Å². The molecule has 0 radical (unpaired) electrons. The highest BCUT2D eigenvalue weighted by Gasteiger charge is 2.19. The summed E-state index contributed by atoms with van der Waals surface area (Å²) in [5.74, 6) is 0.523. The molecule has 0 atom stereocenters. The molecule has 0 spiro atoms. The van der Waals surface area contributed by atoms with Crippen LogP contribution in [-0.2, 0) is 11.3 Å². The first-order valence-electron chi connectivity index (χ1n) is 9.36. The lowest BCUT2D eigenvalue weighted by Crippen LogP contribution is -2.37. The third kappa shape index (κ3) is 5.33. The molecule has 28 heavy (non-hydrogen) atoms. The molecule has 1 aromatic carbocycles. The predicted octanol–water partition coefficient (Wildman–Crippen LogP) is 3.44. The van der Waals surface area contributed by atoms with Crippen molar-refractivity contribution in [3.05, 3.63) is 59.9 Å². The van der Waals surface area contributed by atoms with Crippen LogP contribution in [0, 0.1) is 13.8 Å². The molecular formula is C22H29N3O3. The van der Waals surface area contributed by atoms with Gasteiger partial charge in [-0.3, -0.25) is 14.5 Å². The number of likely N-dealkylation sites (N-methyl/N-ethyl adjacent to an activating group) is 1. The van der Waals surface area contributed by atoms with Gasteiger partial charge in [-0.15, -0.1) is 6.58 Å². The van der Waals surface area contributed by atoms with Crippen molar-refractivity contribution >= 4 is 17.4 Å². The van der Waals surface area contributed by atoms with Gasteiger partial charge in [0.1, 0.15) is 5.75 Å². The topological polar surface area (TPSA) is 63.6 Å². The number of methoxy groups -OCH3 is 1. The molecule has 0 aliphatic carbocycles. The number of anilines is 1. The summed E-state index contributed by atoms with van der Waals surface area (Å²) in [7, 11) is 1.58. The summed E-state index contributed by atoms with van der Waals surface area (Å²) in [6.45, 7) is 11.2. The van der Waals surface area contributed by atoms with Crippen LogP contribution in [0.15, 0.2) is 43.0 Å². The number of nitrogens with one attached hydrogen (secondary N) is 1. The van der Waals surface area contributed by atoms with Crippen LogP contribution in [0.1, 0.15) is 28.7 Å². The third-order valence-electron chi connectivity index (χ3n) is 4.72.